The van der Waals surface area contributed by atoms with Crippen molar-refractivity contribution in [1.82, 2.24) is 9.80 Å². The molecule has 0 aromatic rings. The second-order valence-corrected chi connectivity index (χ2v) is 5.57. The molecule has 0 atom stereocenters. The van der Waals surface area contributed by atoms with Crippen molar-refractivity contribution in [3.63, 3.8) is 0 Å². The molecule has 0 aromatic carbocycles. The first kappa shape index (κ1) is 21.8. The van der Waals surface area contributed by atoms with Gasteiger partial charge >= 0.3 is 16.5 Å². The van der Waals surface area contributed by atoms with Gasteiger partial charge in [0.05, 0.1) is 0 Å². The fourth-order valence-corrected chi connectivity index (χ4v) is 1.15. The zero-order valence-corrected chi connectivity index (χ0v) is 12.9. The Balaban J connectivity index is -0.000000464. The molecule has 0 aliphatic carbocycles. The largest absolute Gasteiger partial charge is 3.00 e. The predicted octanol–water partition coefficient (Wildman–Crippen LogP) is 2.97. The van der Waals surface area contributed by atoms with Gasteiger partial charge in [0.25, 0.3) is 0 Å². The summed E-state index contributed by atoms with van der Waals surface area (Å²) in [5.74, 6) is 0. The van der Waals surface area contributed by atoms with Crippen LogP contribution in [-0.2, 0) is 21.3 Å². The first-order chi connectivity index (χ1) is 6.71. The summed E-state index contributed by atoms with van der Waals surface area (Å²) < 4.78 is 0. The van der Waals surface area contributed by atoms with Crippen molar-refractivity contribution >= 4 is 6.79 Å². The Kier molecular flexibility index (Phi) is 9.93. The maximum atomic E-state index is 7.75. The molecule has 0 saturated carbocycles. The number of carbonyl (C=O) groups excluding carboxylic acids is 1. The molecule has 0 aromatic heterocycles. The van der Waals surface area contributed by atoms with E-state index >= 15 is 0 Å². The minimum Gasteiger partial charge on any atom is -0.545 e. The van der Waals surface area contributed by atoms with E-state index in [1.165, 1.54) is 0 Å². The Morgan fingerprint density at radius 1 is 0.882 bits per heavy atom. The third-order valence-corrected chi connectivity index (χ3v) is 2.19. The Hall–Kier alpha value is -0.496. The summed E-state index contributed by atoms with van der Waals surface area (Å²) in [6.45, 7) is 18.7. The van der Waals surface area contributed by atoms with Gasteiger partial charge in [0.1, 0.15) is 0 Å². The van der Waals surface area contributed by atoms with Gasteiger partial charge in [-0.25, -0.2) is 0 Å². The van der Waals surface area contributed by atoms with Gasteiger partial charge in [-0.1, -0.05) is 0 Å². The molecule has 1 aliphatic rings. The maximum absolute atomic E-state index is 7.75. The number of hydrogen-bond donors (Lipinski definition) is 0. The van der Waals surface area contributed by atoms with Crippen LogP contribution < -0.4 is 0 Å². The van der Waals surface area contributed by atoms with E-state index in [0.29, 0.717) is 0 Å². The van der Waals surface area contributed by atoms with E-state index in [4.69, 9.17) is 4.79 Å². The van der Waals surface area contributed by atoms with E-state index < -0.39 is 0 Å². The third kappa shape index (κ3) is 6.72. The maximum Gasteiger partial charge on any atom is 3.00 e. The van der Waals surface area contributed by atoms with E-state index in [0.717, 1.165) is 0 Å². The van der Waals surface area contributed by atoms with Crippen LogP contribution in [0.15, 0.2) is 12.4 Å². The predicted molar refractivity (Wildman–Crippen MR) is 69.8 cm³/mol. The third-order valence-electron chi connectivity index (χ3n) is 2.19. The van der Waals surface area contributed by atoms with Gasteiger partial charge in [0.2, 0.25) is 0 Å². The van der Waals surface area contributed by atoms with Crippen LogP contribution in [0.2, 0.25) is 0 Å². The van der Waals surface area contributed by atoms with Crippen molar-refractivity contribution in [1.29, 1.82) is 0 Å². The Bertz CT molecular complexity index is 207. The molecule has 1 heterocycles. The van der Waals surface area contributed by atoms with Crippen LogP contribution >= 0.6 is 0 Å². The first-order valence-corrected chi connectivity index (χ1v) is 5.05. The first-order valence-electron chi connectivity index (χ1n) is 5.05. The molecule has 0 unspecified atom stereocenters. The molecule has 0 bridgehead atoms. The molecular weight excluding hydrogens is 259 g/mol. The molecule has 103 valence electrons. The summed E-state index contributed by atoms with van der Waals surface area (Å²) in [6, 6.07) is 0. The molecule has 0 fully saturated rings. The van der Waals surface area contributed by atoms with E-state index in [9.17, 15) is 0 Å². The van der Waals surface area contributed by atoms with Gasteiger partial charge in [-0.05, 0) is 53.9 Å². The van der Waals surface area contributed by atoms with Gasteiger partial charge < -0.3 is 22.0 Å². The fraction of sp³-hybridized carbons (Fsp3) is 0.615. The van der Waals surface area contributed by atoms with Crippen LogP contribution in [0.1, 0.15) is 41.5 Å². The molecule has 1 rings (SSSR count). The molecule has 0 saturated heterocycles. The summed E-state index contributed by atoms with van der Waals surface area (Å²) >= 11 is 0. The van der Waals surface area contributed by atoms with Crippen LogP contribution in [0.25, 0.3) is 0 Å². The second-order valence-electron chi connectivity index (χ2n) is 5.57. The van der Waals surface area contributed by atoms with Gasteiger partial charge in [-0.2, -0.15) is 6.67 Å². The molecule has 0 N–H and O–H groups in total. The standard InChI is InChI=1S/C11H21N2.CHO.CH3.Ni/c1-10(2,3)12-7-8-13(9-12)11(4,5)6;1-2;;/h7-9H,1-6H3;1H;1H3;/q3*-1;+3. The monoisotopic (exact) mass is 283 g/mol. The van der Waals surface area contributed by atoms with Crippen molar-refractivity contribution < 1.29 is 21.3 Å². The average Bonchev–Trinajstić information content (AvgIpc) is 2.53. The summed E-state index contributed by atoms with van der Waals surface area (Å²) in [7, 11) is 0. The van der Waals surface area contributed by atoms with Crippen LogP contribution in [0.4, 0.5) is 0 Å². The van der Waals surface area contributed by atoms with E-state index in [1.807, 2.05) is 0 Å². The molecule has 0 amide bonds. The van der Waals surface area contributed by atoms with Gasteiger partial charge in [-0.3, -0.25) is 6.79 Å². The van der Waals surface area contributed by atoms with Crippen LogP contribution in [-0.4, -0.2) is 27.7 Å². The Morgan fingerprint density at radius 3 is 1.24 bits per heavy atom. The fourth-order valence-electron chi connectivity index (χ4n) is 1.15. The minimum absolute atomic E-state index is 0. The summed E-state index contributed by atoms with van der Waals surface area (Å²) in [6.07, 6.45) is 4.26. The number of nitrogens with zero attached hydrogens (tertiary/aromatic N) is 2. The Morgan fingerprint density at radius 2 is 1.12 bits per heavy atom. The summed E-state index contributed by atoms with van der Waals surface area (Å²) in [5.41, 5.74) is 0.354. The van der Waals surface area contributed by atoms with Crippen molar-refractivity contribution in [3.8, 4) is 0 Å². The summed E-state index contributed by atoms with van der Waals surface area (Å²) in [5, 5.41) is 0. The van der Waals surface area contributed by atoms with Crippen LogP contribution in [0.5, 0.6) is 0 Å². The Labute approximate surface area is 117 Å². The molecule has 4 heteroatoms. The molecule has 3 nitrogen and oxygen atoms in total. The van der Waals surface area contributed by atoms with Crippen LogP contribution in [0, 0.1) is 14.1 Å². The van der Waals surface area contributed by atoms with Crippen molar-refractivity contribution in [3.05, 3.63) is 26.5 Å². The topological polar surface area (TPSA) is 23.6 Å². The van der Waals surface area contributed by atoms with Gasteiger partial charge in [0.15, 0.2) is 0 Å². The minimum atomic E-state index is 0. The summed E-state index contributed by atoms with van der Waals surface area (Å²) in [4.78, 5) is 12.2. The number of hydrogen-bond acceptors (Lipinski definition) is 3. The molecular formula is C13H25N2NiO. The van der Waals surface area contributed by atoms with Crippen molar-refractivity contribution in [2.75, 3.05) is 0 Å². The van der Waals surface area contributed by atoms with Gasteiger partial charge in [-0.15, -0.1) is 0 Å². The normalized spacial score (nSPS) is 14.5. The zero-order chi connectivity index (χ0) is 12.3. The zero-order valence-electron chi connectivity index (χ0n) is 11.9. The van der Waals surface area contributed by atoms with E-state index in [2.05, 4.69) is 77.2 Å². The smallest absolute Gasteiger partial charge is 0.545 e. The van der Waals surface area contributed by atoms with Crippen molar-refractivity contribution in [2.45, 2.75) is 52.6 Å². The molecule has 1 radical (unpaired) electrons. The SMILES string of the molecule is CC(C)(C)N1C=CN(C(C)(C)C)[CH-]1.[CH-]=O.[CH3-].[Ni+3]. The molecule has 0 spiro atoms. The number of rotatable bonds is 0. The second kappa shape index (κ2) is 7.76. The van der Waals surface area contributed by atoms with Crippen molar-refractivity contribution in [2.24, 2.45) is 0 Å². The molecule has 1 aliphatic heterocycles. The van der Waals surface area contributed by atoms with Crippen LogP contribution in [0.3, 0.4) is 0 Å². The molecule has 17 heavy (non-hydrogen) atoms. The van der Waals surface area contributed by atoms with E-state index in [1.54, 1.807) is 0 Å². The van der Waals surface area contributed by atoms with Gasteiger partial charge in [0, 0.05) is 11.1 Å². The quantitative estimate of drug-likeness (QED) is 0.388. The average molecular weight is 284 g/mol. The van der Waals surface area contributed by atoms with E-state index in [-0.39, 0.29) is 35.0 Å².